The molecular weight excluding hydrogens is 575 g/mol. The number of hydrogen-bond donors (Lipinski definition) is 2. The average Bonchev–Trinajstić information content (AvgIpc) is 3.10. The van der Waals surface area contributed by atoms with E-state index in [1.165, 1.54) is 3.97 Å². The number of aliphatic carboxylic acids is 1. The number of methoxy groups -OCH3 is 1. The van der Waals surface area contributed by atoms with Gasteiger partial charge in [-0.3, -0.25) is 4.79 Å². The van der Waals surface area contributed by atoms with E-state index in [0.717, 1.165) is 35.8 Å². The lowest BCUT2D eigenvalue weighted by Crippen LogP contribution is -2.35. The Kier molecular flexibility index (Phi) is 9.12. The van der Waals surface area contributed by atoms with Gasteiger partial charge in [0.2, 0.25) is 5.91 Å². The van der Waals surface area contributed by atoms with Crippen molar-refractivity contribution < 1.29 is 41.0 Å². The van der Waals surface area contributed by atoms with Gasteiger partial charge in [0.25, 0.3) is 10.0 Å². The van der Waals surface area contributed by atoms with Crippen molar-refractivity contribution in [2.24, 2.45) is 0 Å². The molecule has 3 aromatic carbocycles. The maximum atomic E-state index is 14.1. The van der Waals surface area contributed by atoms with Crippen molar-refractivity contribution in [2.45, 2.75) is 30.8 Å². The Balaban J connectivity index is 0.000000517. The number of alkyl halides is 3. The summed E-state index contributed by atoms with van der Waals surface area (Å²) < 4.78 is 66.9. The van der Waals surface area contributed by atoms with Crippen LogP contribution in [0.5, 0.6) is 5.75 Å². The van der Waals surface area contributed by atoms with E-state index in [9.17, 15) is 26.4 Å². The van der Waals surface area contributed by atoms with Gasteiger partial charge in [-0.05, 0) is 43.7 Å². The minimum absolute atomic E-state index is 0.0204. The fourth-order valence-electron chi connectivity index (χ4n) is 5.04. The molecule has 1 aromatic heterocycles. The van der Waals surface area contributed by atoms with E-state index in [2.05, 4.69) is 5.32 Å². The monoisotopic (exact) mass is 605 g/mol. The number of benzene rings is 3. The van der Waals surface area contributed by atoms with Crippen LogP contribution in [0.4, 0.5) is 13.2 Å². The van der Waals surface area contributed by atoms with Gasteiger partial charge in [-0.2, -0.15) is 13.2 Å². The molecule has 224 valence electrons. The molecule has 0 aliphatic carbocycles. The van der Waals surface area contributed by atoms with Gasteiger partial charge in [0.15, 0.2) is 0 Å². The smallest absolute Gasteiger partial charge is 0.490 e. The first-order chi connectivity index (χ1) is 19.9. The van der Waals surface area contributed by atoms with Gasteiger partial charge in [-0.1, -0.05) is 42.5 Å². The number of aromatic nitrogens is 1. The van der Waals surface area contributed by atoms with E-state index < -0.39 is 22.2 Å². The van der Waals surface area contributed by atoms with Crippen LogP contribution >= 0.6 is 0 Å². The number of rotatable bonds is 5. The zero-order valence-electron chi connectivity index (χ0n) is 22.9. The third kappa shape index (κ3) is 6.21. The molecule has 1 fully saturated rings. The zero-order valence-corrected chi connectivity index (χ0v) is 23.8. The third-order valence-corrected chi connectivity index (χ3v) is 8.90. The molecule has 0 saturated carbocycles. The first-order valence-corrected chi connectivity index (χ1v) is 14.5. The molecule has 0 radical (unpaired) electrons. The Hall–Kier alpha value is -4.10. The number of carboxylic acid groups (broad SMARTS) is 1. The number of nitrogens with zero attached hydrogens (tertiary/aromatic N) is 2. The highest BCUT2D eigenvalue weighted by molar-refractivity contribution is 7.90. The van der Waals surface area contributed by atoms with Crippen molar-refractivity contribution in [3.63, 3.8) is 0 Å². The molecule has 1 saturated heterocycles. The van der Waals surface area contributed by atoms with Crippen molar-refractivity contribution in [1.82, 2.24) is 14.2 Å². The van der Waals surface area contributed by atoms with E-state index in [4.69, 9.17) is 14.6 Å². The summed E-state index contributed by atoms with van der Waals surface area (Å²) in [5.41, 5.74) is 1.89. The standard InChI is InChI=1S/C27H29N3O4S.C2HF3O2/c1-19-23(18-27(31)29-16-7-14-28-15-17-29)20-8-5-6-11-24(20)30(19)35(32,33)26-13-12-25(34-2)21-9-3-4-10-22(21)26;3-2(4,5)1(6)7/h3-6,8-13,28H,7,14-18H2,1-2H3;(H,6,7). The molecule has 1 aliphatic heterocycles. The number of carboxylic acids is 1. The highest BCUT2D eigenvalue weighted by atomic mass is 32.2. The average molecular weight is 606 g/mol. The minimum Gasteiger partial charge on any atom is -0.496 e. The number of fused-ring (bicyclic) bond motifs is 2. The molecule has 0 unspecified atom stereocenters. The first-order valence-electron chi connectivity index (χ1n) is 13.1. The van der Waals surface area contributed by atoms with E-state index >= 15 is 0 Å². The Morgan fingerprint density at radius 2 is 1.57 bits per heavy atom. The number of ether oxygens (including phenoxy) is 1. The molecule has 1 aliphatic rings. The van der Waals surface area contributed by atoms with Crippen LogP contribution in [0.3, 0.4) is 0 Å². The fraction of sp³-hybridized carbons (Fsp3) is 0.310. The number of halogens is 3. The van der Waals surface area contributed by atoms with E-state index in [0.29, 0.717) is 35.4 Å². The predicted molar refractivity (Wildman–Crippen MR) is 151 cm³/mol. The lowest BCUT2D eigenvalue weighted by molar-refractivity contribution is -0.192. The Morgan fingerprint density at radius 3 is 2.21 bits per heavy atom. The molecular formula is C29H30F3N3O6S. The van der Waals surface area contributed by atoms with Gasteiger partial charge in [0.05, 0.1) is 23.9 Å². The van der Waals surface area contributed by atoms with Gasteiger partial charge >= 0.3 is 12.1 Å². The van der Waals surface area contributed by atoms with Crippen LogP contribution in [0.1, 0.15) is 17.7 Å². The zero-order chi connectivity index (χ0) is 30.7. The van der Waals surface area contributed by atoms with Crippen LogP contribution in [0.25, 0.3) is 21.7 Å². The summed E-state index contributed by atoms with van der Waals surface area (Å²) in [6.45, 7) is 4.82. The van der Waals surface area contributed by atoms with Gasteiger partial charge in [-0.15, -0.1) is 0 Å². The lowest BCUT2D eigenvalue weighted by atomic mass is 10.1. The summed E-state index contributed by atoms with van der Waals surface area (Å²) >= 11 is 0. The highest BCUT2D eigenvalue weighted by Crippen LogP contribution is 2.35. The highest BCUT2D eigenvalue weighted by Gasteiger charge is 2.38. The summed E-state index contributed by atoms with van der Waals surface area (Å²) in [5, 5.41) is 12.6. The maximum Gasteiger partial charge on any atom is 0.490 e. The topological polar surface area (TPSA) is 118 Å². The van der Waals surface area contributed by atoms with Gasteiger partial charge < -0.3 is 20.1 Å². The summed E-state index contributed by atoms with van der Waals surface area (Å²) in [4.78, 5) is 24.2. The molecule has 0 spiro atoms. The number of para-hydroxylation sites is 1. The lowest BCUT2D eigenvalue weighted by Gasteiger charge is -2.20. The fourth-order valence-corrected chi connectivity index (χ4v) is 6.82. The van der Waals surface area contributed by atoms with Gasteiger partial charge in [-0.25, -0.2) is 17.2 Å². The normalized spacial score (nSPS) is 14.3. The second-order valence-electron chi connectivity index (χ2n) is 9.63. The number of carbonyl (C=O) groups is 2. The molecule has 13 heteroatoms. The number of nitrogens with one attached hydrogen (secondary N) is 1. The second-order valence-corrected chi connectivity index (χ2v) is 11.4. The Morgan fingerprint density at radius 1 is 0.952 bits per heavy atom. The number of amides is 1. The summed E-state index contributed by atoms with van der Waals surface area (Å²) in [7, 11) is -2.39. The van der Waals surface area contributed by atoms with Crippen LogP contribution < -0.4 is 10.1 Å². The van der Waals surface area contributed by atoms with Crippen LogP contribution in [0.2, 0.25) is 0 Å². The van der Waals surface area contributed by atoms with Gasteiger partial charge in [0, 0.05) is 41.5 Å². The summed E-state index contributed by atoms with van der Waals surface area (Å²) in [6.07, 6.45) is -4.01. The van der Waals surface area contributed by atoms with Crippen molar-refractivity contribution in [3.05, 3.63) is 71.9 Å². The molecule has 4 aromatic rings. The molecule has 1 amide bonds. The molecule has 0 bridgehead atoms. The molecule has 2 heterocycles. The molecule has 5 rings (SSSR count). The third-order valence-electron chi connectivity index (χ3n) is 7.03. The first kappa shape index (κ1) is 30.8. The van der Waals surface area contributed by atoms with Crippen LogP contribution in [0.15, 0.2) is 65.6 Å². The number of hydrogen-bond acceptors (Lipinski definition) is 6. The van der Waals surface area contributed by atoms with Crippen molar-refractivity contribution in [3.8, 4) is 5.75 Å². The second kappa shape index (κ2) is 12.4. The van der Waals surface area contributed by atoms with E-state index in [1.54, 1.807) is 38.3 Å². The Labute approximate surface area is 240 Å². The van der Waals surface area contributed by atoms with Crippen molar-refractivity contribution in [2.75, 3.05) is 33.3 Å². The SMILES string of the molecule is COc1ccc(S(=O)(=O)n2c(C)c(CC(=O)N3CCCNCC3)c3ccccc32)c2ccccc12.O=C(O)C(F)(F)F. The maximum absolute atomic E-state index is 14.1. The van der Waals surface area contributed by atoms with Crippen LogP contribution in [-0.2, 0) is 26.0 Å². The molecule has 0 atom stereocenters. The van der Waals surface area contributed by atoms with Gasteiger partial charge in [0.1, 0.15) is 5.75 Å². The summed E-state index contributed by atoms with van der Waals surface area (Å²) in [5.74, 6) is -2.12. The molecule has 9 nitrogen and oxygen atoms in total. The number of carbonyl (C=O) groups excluding carboxylic acids is 1. The van der Waals surface area contributed by atoms with Crippen molar-refractivity contribution >= 4 is 43.6 Å². The van der Waals surface area contributed by atoms with Crippen LogP contribution in [0, 0.1) is 6.92 Å². The summed E-state index contributed by atoms with van der Waals surface area (Å²) in [6, 6.07) is 18.0. The Bertz CT molecular complexity index is 1730. The van der Waals surface area contributed by atoms with Crippen molar-refractivity contribution in [1.29, 1.82) is 0 Å². The molecule has 2 N–H and O–H groups in total. The minimum atomic E-state index is -5.08. The molecule has 42 heavy (non-hydrogen) atoms. The van der Waals surface area contributed by atoms with E-state index in [-0.39, 0.29) is 17.2 Å². The quantitative estimate of drug-likeness (QED) is 0.348. The van der Waals surface area contributed by atoms with E-state index in [1.807, 2.05) is 41.3 Å². The largest absolute Gasteiger partial charge is 0.496 e. The van der Waals surface area contributed by atoms with Crippen LogP contribution in [-0.4, -0.2) is 73.7 Å². The predicted octanol–water partition coefficient (Wildman–Crippen LogP) is 4.35.